The second-order valence-electron chi connectivity index (χ2n) is 8.45. The first-order valence-electron chi connectivity index (χ1n) is 11.0. The Bertz CT molecular complexity index is 953. The molecule has 2 unspecified atom stereocenters. The van der Waals surface area contributed by atoms with Crippen molar-refractivity contribution in [3.8, 4) is 11.1 Å². The van der Waals surface area contributed by atoms with E-state index in [-0.39, 0.29) is 0 Å². The van der Waals surface area contributed by atoms with Crippen molar-refractivity contribution in [2.45, 2.75) is 57.8 Å². The molecule has 2 atom stereocenters. The lowest BCUT2D eigenvalue weighted by Crippen LogP contribution is -2.03. The number of allylic oxidation sites excluding steroid dienone is 1. The van der Waals surface area contributed by atoms with E-state index < -0.39 is 0 Å². The molecule has 0 spiro atoms. The van der Waals surface area contributed by atoms with Crippen LogP contribution in [0, 0.1) is 0 Å². The second-order valence-corrected chi connectivity index (χ2v) is 8.45. The maximum Gasteiger partial charge on any atom is 0.0664 e. The molecule has 0 saturated heterocycles. The van der Waals surface area contributed by atoms with Crippen LogP contribution in [0.15, 0.2) is 72.8 Å². The standard InChI is InChI=1S/C28H31N/c1-21-9-6-7-14-28-26(21)19-20-27(29-28)22(2)10-8-11-23-15-17-25(18-16-23)24-12-4-3-5-13-24/h3-5,7,12-22H,6,8-11H2,1-2H3. The van der Waals surface area contributed by atoms with E-state index in [9.17, 15) is 0 Å². The molecule has 1 aliphatic carbocycles. The van der Waals surface area contributed by atoms with Gasteiger partial charge in [-0.25, -0.2) is 0 Å². The summed E-state index contributed by atoms with van der Waals surface area (Å²) in [6.45, 7) is 4.64. The van der Waals surface area contributed by atoms with Crippen LogP contribution in [0.4, 0.5) is 0 Å². The van der Waals surface area contributed by atoms with Gasteiger partial charge in [0.05, 0.1) is 5.69 Å². The summed E-state index contributed by atoms with van der Waals surface area (Å²) in [7, 11) is 0. The van der Waals surface area contributed by atoms with Crippen molar-refractivity contribution in [1.82, 2.24) is 4.98 Å². The van der Waals surface area contributed by atoms with E-state index in [1.807, 2.05) is 0 Å². The quantitative estimate of drug-likeness (QED) is 0.425. The molecule has 29 heavy (non-hydrogen) atoms. The van der Waals surface area contributed by atoms with Crippen molar-refractivity contribution in [1.29, 1.82) is 0 Å². The van der Waals surface area contributed by atoms with E-state index in [0.29, 0.717) is 11.8 Å². The highest BCUT2D eigenvalue weighted by atomic mass is 14.7. The van der Waals surface area contributed by atoms with E-state index >= 15 is 0 Å². The summed E-state index contributed by atoms with van der Waals surface area (Å²) in [6, 6.07) is 24.2. The molecule has 148 valence electrons. The van der Waals surface area contributed by atoms with Gasteiger partial charge in [-0.15, -0.1) is 0 Å². The smallest absolute Gasteiger partial charge is 0.0664 e. The zero-order chi connectivity index (χ0) is 20.1. The Morgan fingerprint density at radius 3 is 2.48 bits per heavy atom. The normalized spacial score (nSPS) is 16.8. The predicted octanol–water partition coefficient (Wildman–Crippen LogP) is 7.79. The molecule has 0 saturated carbocycles. The van der Waals surface area contributed by atoms with Gasteiger partial charge in [-0.2, -0.15) is 0 Å². The van der Waals surface area contributed by atoms with Crippen LogP contribution in [-0.4, -0.2) is 4.98 Å². The SMILES string of the molecule is CC(CCCc1ccc(-c2ccccc2)cc1)c1ccc2c(n1)C=CCCC2C. The van der Waals surface area contributed by atoms with Gasteiger partial charge < -0.3 is 0 Å². The second kappa shape index (κ2) is 9.22. The lowest BCUT2D eigenvalue weighted by Gasteiger charge is -2.16. The summed E-state index contributed by atoms with van der Waals surface area (Å²) < 4.78 is 0. The lowest BCUT2D eigenvalue weighted by molar-refractivity contribution is 0.616. The molecule has 4 rings (SSSR count). The van der Waals surface area contributed by atoms with Crippen LogP contribution in [0.25, 0.3) is 17.2 Å². The zero-order valence-corrected chi connectivity index (χ0v) is 17.6. The van der Waals surface area contributed by atoms with Gasteiger partial charge in [0.15, 0.2) is 0 Å². The third kappa shape index (κ3) is 4.85. The van der Waals surface area contributed by atoms with Gasteiger partial charge in [-0.05, 0) is 78.3 Å². The van der Waals surface area contributed by atoms with Crippen molar-refractivity contribution in [3.05, 3.63) is 95.3 Å². The van der Waals surface area contributed by atoms with Crippen molar-refractivity contribution in [2.24, 2.45) is 0 Å². The summed E-state index contributed by atoms with van der Waals surface area (Å²) in [5, 5.41) is 0. The lowest BCUT2D eigenvalue weighted by atomic mass is 9.93. The maximum absolute atomic E-state index is 5.01. The molecular formula is C28H31N. The molecule has 1 nitrogen and oxygen atoms in total. The molecule has 0 radical (unpaired) electrons. The largest absolute Gasteiger partial charge is 0.253 e. The molecule has 0 aliphatic heterocycles. The molecule has 1 heteroatoms. The summed E-state index contributed by atoms with van der Waals surface area (Å²) in [4.78, 5) is 5.01. The molecule has 1 aromatic heterocycles. The van der Waals surface area contributed by atoms with Crippen molar-refractivity contribution < 1.29 is 0 Å². The van der Waals surface area contributed by atoms with E-state index in [2.05, 4.69) is 92.7 Å². The monoisotopic (exact) mass is 381 g/mol. The Morgan fingerprint density at radius 2 is 1.69 bits per heavy atom. The molecule has 0 bridgehead atoms. The van der Waals surface area contributed by atoms with Gasteiger partial charge in [0, 0.05) is 5.69 Å². The maximum atomic E-state index is 5.01. The molecule has 0 amide bonds. The minimum absolute atomic E-state index is 0.496. The van der Waals surface area contributed by atoms with Gasteiger partial charge in [0.2, 0.25) is 0 Å². The van der Waals surface area contributed by atoms with E-state index in [1.165, 1.54) is 52.9 Å². The molecule has 1 aliphatic rings. The average molecular weight is 382 g/mol. The molecular weight excluding hydrogens is 350 g/mol. The van der Waals surface area contributed by atoms with E-state index in [1.54, 1.807) is 0 Å². The fourth-order valence-corrected chi connectivity index (χ4v) is 4.28. The third-order valence-electron chi connectivity index (χ3n) is 6.22. The molecule has 0 N–H and O–H groups in total. The number of aromatic nitrogens is 1. The minimum Gasteiger partial charge on any atom is -0.253 e. The van der Waals surface area contributed by atoms with Crippen LogP contribution in [0.5, 0.6) is 0 Å². The fraction of sp³-hybridized carbons (Fsp3) is 0.321. The predicted molar refractivity (Wildman–Crippen MR) is 124 cm³/mol. The molecule has 1 heterocycles. The Balaban J connectivity index is 1.34. The Kier molecular flexibility index (Phi) is 6.24. The molecule has 3 aromatic rings. The highest BCUT2D eigenvalue weighted by molar-refractivity contribution is 5.63. The van der Waals surface area contributed by atoms with E-state index in [4.69, 9.17) is 4.98 Å². The highest BCUT2D eigenvalue weighted by Gasteiger charge is 2.15. The highest BCUT2D eigenvalue weighted by Crippen LogP contribution is 2.30. The number of aryl methyl sites for hydroxylation is 1. The van der Waals surface area contributed by atoms with E-state index in [0.717, 1.165) is 12.8 Å². The van der Waals surface area contributed by atoms with Crippen LogP contribution in [-0.2, 0) is 6.42 Å². The van der Waals surface area contributed by atoms with Crippen molar-refractivity contribution >= 4 is 6.08 Å². The molecule has 0 fully saturated rings. The number of fused-ring (bicyclic) bond motifs is 1. The Hall–Kier alpha value is -2.67. The Labute approximate surface area is 175 Å². The van der Waals surface area contributed by atoms with Gasteiger partial charge in [-0.3, -0.25) is 4.98 Å². The number of hydrogen-bond acceptors (Lipinski definition) is 1. The number of benzene rings is 2. The van der Waals surface area contributed by atoms with Crippen LogP contribution in [0.2, 0.25) is 0 Å². The van der Waals surface area contributed by atoms with Crippen molar-refractivity contribution in [2.75, 3.05) is 0 Å². The van der Waals surface area contributed by atoms with Gasteiger partial charge in [-0.1, -0.05) is 80.6 Å². The van der Waals surface area contributed by atoms with Crippen molar-refractivity contribution in [3.63, 3.8) is 0 Å². The van der Waals surface area contributed by atoms with Crippen LogP contribution in [0.1, 0.15) is 73.9 Å². The minimum atomic E-state index is 0.496. The van der Waals surface area contributed by atoms with Crippen LogP contribution < -0.4 is 0 Å². The first-order valence-corrected chi connectivity index (χ1v) is 11.0. The number of rotatable bonds is 6. The topological polar surface area (TPSA) is 12.9 Å². The van der Waals surface area contributed by atoms with Crippen LogP contribution >= 0.6 is 0 Å². The molecule has 2 aromatic carbocycles. The van der Waals surface area contributed by atoms with Gasteiger partial charge in [0.1, 0.15) is 0 Å². The fourth-order valence-electron chi connectivity index (χ4n) is 4.28. The van der Waals surface area contributed by atoms with Gasteiger partial charge >= 0.3 is 0 Å². The first-order chi connectivity index (χ1) is 14.2. The Morgan fingerprint density at radius 1 is 0.931 bits per heavy atom. The third-order valence-corrected chi connectivity index (χ3v) is 6.22. The van der Waals surface area contributed by atoms with Crippen LogP contribution in [0.3, 0.4) is 0 Å². The number of hydrogen-bond donors (Lipinski definition) is 0. The summed E-state index contributed by atoms with van der Waals surface area (Å²) in [5.41, 5.74) is 7.83. The summed E-state index contributed by atoms with van der Waals surface area (Å²) in [5.74, 6) is 1.10. The first kappa shape index (κ1) is 19.6. The summed E-state index contributed by atoms with van der Waals surface area (Å²) in [6.07, 6.45) is 10.4. The average Bonchev–Trinajstić information content (AvgIpc) is 2.95. The number of pyridine rings is 1. The number of nitrogens with zero attached hydrogens (tertiary/aromatic N) is 1. The zero-order valence-electron chi connectivity index (χ0n) is 17.6. The van der Waals surface area contributed by atoms with Gasteiger partial charge in [0.25, 0.3) is 0 Å². The summed E-state index contributed by atoms with van der Waals surface area (Å²) >= 11 is 0.